The van der Waals surface area contributed by atoms with Gasteiger partial charge in [0.25, 0.3) is 11.9 Å². The van der Waals surface area contributed by atoms with Gasteiger partial charge in [0, 0.05) is 19.5 Å². The molecule has 0 unspecified atom stereocenters. The summed E-state index contributed by atoms with van der Waals surface area (Å²) in [7, 11) is 1.57. The van der Waals surface area contributed by atoms with Crippen molar-refractivity contribution in [1.29, 1.82) is 0 Å². The Hall–Kier alpha value is -4.74. The lowest BCUT2D eigenvalue weighted by atomic mass is 9.91. The molecule has 12 nitrogen and oxygen atoms in total. The molecule has 208 valence electrons. The van der Waals surface area contributed by atoms with Gasteiger partial charge >= 0.3 is 12.0 Å². The molecule has 1 heterocycles. The molecule has 0 saturated carbocycles. The molecule has 1 aliphatic heterocycles. The summed E-state index contributed by atoms with van der Waals surface area (Å²) in [5, 5.41) is 12.8. The molecule has 4 amide bonds. The normalized spacial score (nSPS) is 17.4. The fraction of sp³-hybridized carbons (Fsp3) is 0.333. The highest BCUT2D eigenvalue weighted by Crippen LogP contribution is 2.29. The molecule has 39 heavy (non-hydrogen) atoms. The number of aliphatic carboxylic acids is 1. The number of imide groups is 1. The van der Waals surface area contributed by atoms with E-state index >= 15 is 0 Å². The van der Waals surface area contributed by atoms with Crippen molar-refractivity contribution in [1.82, 2.24) is 15.5 Å². The van der Waals surface area contributed by atoms with Gasteiger partial charge in [-0.05, 0) is 25.0 Å². The number of benzene rings is 2. The van der Waals surface area contributed by atoms with Gasteiger partial charge in [0.15, 0.2) is 0 Å². The Balaban J connectivity index is 0.00000124. The average molecular weight is 540 g/mol. The first-order valence-corrected chi connectivity index (χ1v) is 12.1. The summed E-state index contributed by atoms with van der Waals surface area (Å²) in [6.07, 6.45) is -0.0853. The molecule has 2 atom stereocenters. The van der Waals surface area contributed by atoms with Crippen LogP contribution in [0.2, 0.25) is 0 Å². The Morgan fingerprint density at radius 1 is 1.13 bits per heavy atom. The van der Waals surface area contributed by atoms with Crippen LogP contribution < -0.4 is 16.4 Å². The number of nitrogens with one attached hydrogen (secondary N) is 2. The van der Waals surface area contributed by atoms with Gasteiger partial charge in [-0.3, -0.25) is 29.1 Å². The summed E-state index contributed by atoms with van der Waals surface area (Å²) < 4.78 is 5.02. The highest BCUT2D eigenvalue weighted by Gasteiger charge is 2.49. The number of carbonyl (C=O) groups excluding carboxylic acids is 4. The Labute approximate surface area is 226 Å². The van der Waals surface area contributed by atoms with E-state index in [4.69, 9.17) is 20.4 Å². The predicted molar refractivity (Wildman–Crippen MR) is 143 cm³/mol. The second-order valence-electron chi connectivity index (χ2n) is 8.69. The molecule has 2 aromatic rings. The summed E-state index contributed by atoms with van der Waals surface area (Å²) >= 11 is 0. The highest BCUT2D eigenvalue weighted by molar-refractivity contribution is 6.09. The summed E-state index contributed by atoms with van der Waals surface area (Å²) in [5.41, 5.74) is 6.39. The summed E-state index contributed by atoms with van der Waals surface area (Å²) in [4.78, 5) is 64.6. The van der Waals surface area contributed by atoms with Crippen LogP contribution in [0, 0.1) is 0 Å². The molecule has 5 N–H and O–H groups in total. The third-order valence-electron chi connectivity index (χ3n) is 5.79. The number of nitrogens with two attached hydrogens (primary N) is 1. The minimum absolute atomic E-state index is 0.0853. The van der Waals surface area contributed by atoms with Crippen molar-refractivity contribution >= 4 is 35.6 Å². The number of amidine groups is 1. The van der Waals surface area contributed by atoms with Gasteiger partial charge < -0.3 is 26.2 Å². The molecule has 1 fully saturated rings. The van der Waals surface area contributed by atoms with Crippen LogP contribution in [0.1, 0.15) is 49.9 Å². The number of hydrogen-bond acceptors (Lipinski definition) is 7. The molecule has 0 aliphatic carbocycles. The molecule has 1 aliphatic rings. The van der Waals surface area contributed by atoms with Crippen molar-refractivity contribution < 1.29 is 33.8 Å². The standard InChI is InChI=1S/C25H29N5O5.C2H4O2/c1-4-35-21(32)14-19(16-8-6-5-7-9-16)28-20(31)15-30-23(33)25(2,29-24(30)34)18-12-10-17(11-13-18)22(26)27-3;1-2(3)4/h5-13,19H,4,14-15H2,1-3H3,(H2,26,27)(H,28,31)(H,29,34);1H3,(H,3,4)/t19-,25-;/m1./s1. The number of carboxylic acid groups (broad SMARTS) is 1. The lowest BCUT2D eigenvalue weighted by Gasteiger charge is -2.23. The van der Waals surface area contributed by atoms with Crippen LogP contribution in [0.4, 0.5) is 4.79 Å². The number of ether oxygens (including phenoxy) is 1. The number of nitrogens with zero attached hydrogens (tertiary/aromatic N) is 2. The average Bonchev–Trinajstić information content (AvgIpc) is 3.12. The fourth-order valence-electron chi connectivity index (χ4n) is 3.85. The first kappa shape index (κ1) is 30.5. The van der Waals surface area contributed by atoms with Crippen LogP contribution in [0.3, 0.4) is 0 Å². The first-order valence-electron chi connectivity index (χ1n) is 12.1. The van der Waals surface area contributed by atoms with Gasteiger partial charge in [-0.1, -0.05) is 54.6 Å². The quantitative estimate of drug-likeness (QED) is 0.161. The van der Waals surface area contributed by atoms with Gasteiger partial charge in [-0.15, -0.1) is 0 Å². The van der Waals surface area contributed by atoms with Crippen molar-refractivity contribution in [2.24, 2.45) is 10.7 Å². The molecular weight excluding hydrogens is 506 g/mol. The van der Waals surface area contributed by atoms with E-state index in [1.54, 1.807) is 69.4 Å². The molecule has 12 heteroatoms. The Morgan fingerprint density at radius 3 is 2.26 bits per heavy atom. The molecule has 0 spiro atoms. The SMILES string of the molecule is CC(=O)O.CCOC(=O)C[C@@H](NC(=O)CN1C(=O)N[C@](C)(c2ccc(C(N)=NC)cc2)C1=O)c1ccccc1. The topological polar surface area (TPSA) is 180 Å². The highest BCUT2D eigenvalue weighted by atomic mass is 16.5. The lowest BCUT2D eigenvalue weighted by Crippen LogP contribution is -2.44. The zero-order chi connectivity index (χ0) is 29.2. The molecule has 0 aromatic heterocycles. The number of amides is 4. The van der Waals surface area contributed by atoms with Crippen LogP contribution in [0.5, 0.6) is 0 Å². The third-order valence-corrected chi connectivity index (χ3v) is 5.79. The van der Waals surface area contributed by atoms with Crippen LogP contribution in [-0.2, 0) is 29.5 Å². The largest absolute Gasteiger partial charge is 0.481 e. The zero-order valence-electron chi connectivity index (χ0n) is 22.3. The lowest BCUT2D eigenvalue weighted by molar-refractivity contribution is -0.144. The molecular formula is C27H33N5O7. The molecule has 1 saturated heterocycles. The van der Waals surface area contributed by atoms with E-state index in [2.05, 4.69) is 15.6 Å². The minimum atomic E-state index is -1.35. The fourth-order valence-corrected chi connectivity index (χ4v) is 3.85. The number of aliphatic imine (C=N–C) groups is 1. The zero-order valence-corrected chi connectivity index (χ0v) is 22.3. The number of esters is 1. The Kier molecular flexibility index (Phi) is 10.7. The van der Waals surface area contributed by atoms with Crippen LogP contribution in [0.25, 0.3) is 0 Å². The minimum Gasteiger partial charge on any atom is -0.481 e. The van der Waals surface area contributed by atoms with E-state index in [1.807, 2.05) is 6.07 Å². The van der Waals surface area contributed by atoms with E-state index in [1.165, 1.54) is 0 Å². The molecule has 2 aromatic carbocycles. The van der Waals surface area contributed by atoms with Gasteiger partial charge in [-0.2, -0.15) is 0 Å². The molecule has 0 bridgehead atoms. The van der Waals surface area contributed by atoms with Crippen LogP contribution in [-0.4, -0.2) is 65.8 Å². The van der Waals surface area contributed by atoms with Crippen molar-refractivity contribution in [3.05, 3.63) is 71.3 Å². The first-order chi connectivity index (χ1) is 18.4. The second-order valence-corrected chi connectivity index (χ2v) is 8.69. The Bertz CT molecular complexity index is 1230. The monoisotopic (exact) mass is 539 g/mol. The maximum absolute atomic E-state index is 13.2. The van der Waals surface area contributed by atoms with E-state index in [0.29, 0.717) is 22.5 Å². The summed E-state index contributed by atoms with van der Waals surface area (Å²) in [5.74, 6) is -2.11. The Morgan fingerprint density at radius 2 is 1.72 bits per heavy atom. The van der Waals surface area contributed by atoms with E-state index in [9.17, 15) is 19.2 Å². The number of urea groups is 1. The number of carbonyl (C=O) groups is 5. The number of rotatable bonds is 9. The number of carboxylic acids is 1. The number of hydrogen-bond donors (Lipinski definition) is 4. The van der Waals surface area contributed by atoms with Crippen molar-refractivity contribution in [3.8, 4) is 0 Å². The molecule has 0 radical (unpaired) electrons. The van der Waals surface area contributed by atoms with E-state index < -0.39 is 47.9 Å². The van der Waals surface area contributed by atoms with Gasteiger partial charge in [-0.25, -0.2) is 4.79 Å². The maximum atomic E-state index is 13.2. The summed E-state index contributed by atoms with van der Waals surface area (Å²) in [6.45, 7) is 4.07. The molecule has 3 rings (SSSR count). The second kappa shape index (κ2) is 13.7. The van der Waals surface area contributed by atoms with Gasteiger partial charge in [0.1, 0.15) is 17.9 Å². The predicted octanol–water partition coefficient (Wildman–Crippen LogP) is 1.69. The maximum Gasteiger partial charge on any atom is 0.325 e. The van der Waals surface area contributed by atoms with E-state index in [0.717, 1.165) is 11.8 Å². The van der Waals surface area contributed by atoms with E-state index in [-0.39, 0.29) is 13.0 Å². The van der Waals surface area contributed by atoms with Gasteiger partial charge in [0.2, 0.25) is 5.91 Å². The van der Waals surface area contributed by atoms with Crippen molar-refractivity contribution in [2.45, 2.75) is 38.8 Å². The van der Waals surface area contributed by atoms with Crippen molar-refractivity contribution in [3.63, 3.8) is 0 Å². The smallest absolute Gasteiger partial charge is 0.325 e. The van der Waals surface area contributed by atoms with Crippen LogP contribution >= 0.6 is 0 Å². The van der Waals surface area contributed by atoms with Crippen molar-refractivity contribution in [2.75, 3.05) is 20.2 Å². The van der Waals surface area contributed by atoms with Crippen LogP contribution in [0.15, 0.2) is 59.6 Å². The summed E-state index contributed by atoms with van der Waals surface area (Å²) in [6, 6.07) is 14.3. The third kappa shape index (κ3) is 8.12. The van der Waals surface area contributed by atoms with Gasteiger partial charge in [0.05, 0.1) is 19.1 Å².